The molecule has 4 nitrogen and oxygen atoms in total. The van der Waals surface area contributed by atoms with Crippen LogP contribution >= 0.6 is 7.60 Å². The first-order chi connectivity index (χ1) is 6.14. The highest BCUT2D eigenvalue weighted by atomic mass is 31.2. The molecule has 0 saturated heterocycles. The fraction of sp³-hybridized carbons (Fsp3) is 0.889. The topological polar surface area (TPSA) is 74.6 Å². The van der Waals surface area contributed by atoms with Crippen LogP contribution < -0.4 is 0 Å². The zero-order chi connectivity index (χ0) is 11.6. The Morgan fingerprint density at radius 2 is 1.86 bits per heavy atom. The highest BCUT2D eigenvalue weighted by Gasteiger charge is 2.45. The van der Waals surface area contributed by atoms with Gasteiger partial charge in [0.15, 0.2) is 5.78 Å². The van der Waals surface area contributed by atoms with E-state index in [0.29, 0.717) is 6.42 Å². The molecule has 0 rings (SSSR count). The molecule has 0 heterocycles. The Hall–Kier alpha value is -0.180. The van der Waals surface area contributed by atoms with Crippen molar-refractivity contribution in [3.05, 3.63) is 0 Å². The largest absolute Gasteiger partial charge is 0.338 e. The highest BCUT2D eigenvalue weighted by Crippen LogP contribution is 2.51. The van der Waals surface area contributed by atoms with Crippen molar-refractivity contribution in [2.24, 2.45) is 5.92 Å². The molecule has 0 aromatic carbocycles. The van der Waals surface area contributed by atoms with Crippen LogP contribution in [0.1, 0.15) is 40.5 Å². The molecule has 0 aliphatic rings. The van der Waals surface area contributed by atoms with E-state index in [1.54, 1.807) is 6.92 Å². The lowest BCUT2D eigenvalue weighted by molar-refractivity contribution is -0.124. The van der Waals surface area contributed by atoms with Gasteiger partial charge in [-0.25, -0.2) is 0 Å². The van der Waals surface area contributed by atoms with Gasteiger partial charge < -0.3 is 9.79 Å². The smallest absolute Gasteiger partial charge is 0.324 e. The van der Waals surface area contributed by atoms with Crippen molar-refractivity contribution >= 4 is 13.4 Å². The van der Waals surface area contributed by atoms with Crippen LogP contribution in [-0.2, 0) is 9.36 Å². The van der Waals surface area contributed by atoms with E-state index in [9.17, 15) is 9.36 Å². The second-order valence-electron chi connectivity index (χ2n) is 4.16. The fourth-order valence-corrected chi connectivity index (χ4v) is 1.82. The average molecular weight is 222 g/mol. The van der Waals surface area contributed by atoms with Gasteiger partial charge in [0.2, 0.25) is 0 Å². The fourth-order valence-electron chi connectivity index (χ4n) is 1.31. The zero-order valence-corrected chi connectivity index (χ0v) is 10.0. The number of carbonyl (C=O) groups excluding carboxylic acids is 1. The summed E-state index contributed by atoms with van der Waals surface area (Å²) >= 11 is 0. The second-order valence-corrected chi connectivity index (χ2v) is 6.36. The van der Waals surface area contributed by atoms with E-state index in [1.165, 1.54) is 13.8 Å². The summed E-state index contributed by atoms with van der Waals surface area (Å²) in [6.45, 7) is 6.27. The molecule has 0 amide bonds. The van der Waals surface area contributed by atoms with Crippen LogP contribution in [0.4, 0.5) is 0 Å². The summed E-state index contributed by atoms with van der Waals surface area (Å²) in [5.74, 6) is -0.643. The van der Waals surface area contributed by atoms with Gasteiger partial charge in [-0.1, -0.05) is 20.3 Å². The lowest BCUT2D eigenvalue weighted by Gasteiger charge is -2.27. The van der Waals surface area contributed by atoms with Gasteiger partial charge in [-0.05, 0) is 20.3 Å². The third-order valence-electron chi connectivity index (χ3n) is 2.50. The molecule has 0 aromatic rings. The van der Waals surface area contributed by atoms with Crippen molar-refractivity contribution in [1.82, 2.24) is 0 Å². The van der Waals surface area contributed by atoms with E-state index in [1.807, 2.05) is 6.92 Å². The molecule has 84 valence electrons. The van der Waals surface area contributed by atoms with E-state index in [4.69, 9.17) is 9.79 Å². The Bertz CT molecular complexity index is 254. The van der Waals surface area contributed by atoms with Crippen molar-refractivity contribution in [2.75, 3.05) is 0 Å². The van der Waals surface area contributed by atoms with Crippen molar-refractivity contribution < 1.29 is 19.1 Å². The number of rotatable bonds is 5. The van der Waals surface area contributed by atoms with Crippen molar-refractivity contribution in [3.8, 4) is 0 Å². The zero-order valence-electron chi connectivity index (χ0n) is 9.15. The molecule has 0 fully saturated rings. The normalized spacial score (nSPS) is 15.3. The number of carbonyl (C=O) groups is 1. The Balaban J connectivity index is 4.76. The van der Waals surface area contributed by atoms with E-state index >= 15 is 0 Å². The minimum absolute atomic E-state index is 0.289. The van der Waals surface area contributed by atoms with Crippen molar-refractivity contribution in [3.63, 3.8) is 0 Å². The average Bonchev–Trinajstić information content (AvgIpc) is 2.01. The number of Topliss-reactive ketones (excluding diaryl/α,β-unsaturated/α-hetero) is 1. The molecule has 2 N–H and O–H groups in total. The van der Waals surface area contributed by atoms with Gasteiger partial charge in [-0.3, -0.25) is 9.36 Å². The molecule has 5 heteroatoms. The minimum Gasteiger partial charge on any atom is -0.324 e. The number of ketones is 1. The highest BCUT2D eigenvalue weighted by molar-refractivity contribution is 7.54. The maximum atomic E-state index is 11.7. The molecule has 14 heavy (non-hydrogen) atoms. The van der Waals surface area contributed by atoms with E-state index in [0.717, 1.165) is 6.42 Å². The van der Waals surface area contributed by atoms with Crippen LogP contribution in [0.15, 0.2) is 0 Å². The van der Waals surface area contributed by atoms with Crippen LogP contribution in [0.5, 0.6) is 0 Å². The van der Waals surface area contributed by atoms with Crippen LogP contribution in [0, 0.1) is 5.92 Å². The molecule has 0 saturated carbocycles. The van der Waals surface area contributed by atoms with Gasteiger partial charge in [0.1, 0.15) is 5.16 Å². The molecular weight excluding hydrogens is 203 g/mol. The van der Waals surface area contributed by atoms with E-state index in [2.05, 4.69) is 0 Å². The Labute approximate surface area is 84.9 Å². The summed E-state index contributed by atoms with van der Waals surface area (Å²) in [5.41, 5.74) is 0. The monoisotopic (exact) mass is 222 g/mol. The first-order valence-electron chi connectivity index (χ1n) is 4.74. The van der Waals surface area contributed by atoms with Gasteiger partial charge in [-0.15, -0.1) is 0 Å². The van der Waals surface area contributed by atoms with Crippen molar-refractivity contribution in [2.45, 2.75) is 45.7 Å². The predicted molar refractivity (Wildman–Crippen MR) is 55.2 cm³/mol. The minimum atomic E-state index is -4.35. The molecule has 0 aliphatic heterocycles. The maximum Gasteiger partial charge on any atom is 0.338 e. The predicted octanol–water partition coefficient (Wildman–Crippen LogP) is 1.95. The van der Waals surface area contributed by atoms with Gasteiger partial charge in [-0.2, -0.15) is 0 Å². The lowest BCUT2D eigenvalue weighted by Crippen LogP contribution is -2.35. The summed E-state index contributed by atoms with van der Waals surface area (Å²) in [5, 5.41) is -1.55. The first-order valence-corrected chi connectivity index (χ1v) is 6.35. The molecule has 1 atom stereocenters. The summed E-state index contributed by atoms with van der Waals surface area (Å²) < 4.78 is 11.1. The standard InChI is InChI=1S/C9H19O4P/c1-5-6-7(2)8(10)9(3,4)14(11,12)13/h7H,5-6H2,1-4H3,(H2,11,12,13). The molecule has 0 aromatic heterocycles. The third kappa shape index (κ3) is 2.91. The van der Waals surface area contributed by atoms with E-state index in [-0.39, 0.29) is 11.7 Å². The molecule has 0 radical (unpaired) electrons. The molecule has 0 bridgehead atoms. The summed E-state index contributed by atoms with van der Waals surface area (Å²) in [6.07, 6.45) is 1.51. The number of hydrogen-bond donors (Lipinski definition) is 2. The molecular formula is C9H19O4P. The molecule has 0 aliphatic carbocycles. The Kier molecular flexibility index (Phi) is 4.50. The first kappa shape index (κ1) is 13.8. The SMILES string of the molecule is CCCC(C)C(=O)C(C)(C)P(=O)(O)O. The third-order valence-corrected chi connectivity index (χ3v) is 4.18. The van der Waals surface area contributed by atoms with Gasteiger partial charge in [0.05, 0.1) is 0 Å². The second kappa shape index (κ2) is 4.56. The van der Waals surface area contributed by atoms with Crippen molar-refractivity contribution in [1.29, 1.82) is 0 Å². The van der Waals surface area contributed by atoms with Crippen LogP contribution in [0.25, 0.3) is 0 Å². The summed E-state index contributed by atoms with van der Waals surface area (Å²) in [7, 11) is -4.35. The van der Waals surface area contributed by atoms with Crippen LogP contribution in [0.2, 0.25) is 0 Å². The van der Waals surface area contributed by atoms with Crippen LogP contribution in [0.3, 0.4) is 0 Å². The van der Waals surface area contributed by atoms with Gasteiger partial charge >= 0.3 is 7.60 Å². The summed E-state index contributed by atoms with van der Waals surface area (Å²) in [6, 6.07) is 0. The lowest BCUT2D eigenvalue weighted by atomic mass is 9.92. The Morgan fingerprint density at radius 1 is 1.43 bits per heavy atom. The van der Waals surface area contributed by atoms with Gasteiger partial charge in [0.25, 0.3) is 0 Å². The molecule has 1 unspecified atom stereocenters. The van der Waals surface area contributed by atoms with Gasteiger partial charge in [0, 0.05) is 5.92 Å². The quantitative estimate of drug-likeness (QED) is 0.697. The Morgan fingerprint density at radius 3 is 2.14 bits per heavy atom. The van der Waals surface area contributed by atoms with Crippen LogP contribution in [-0.4, -0.2) is 20.7 Å². The molecule has 0 spiro atoms. The maximum absolute atomic E-state index is 11.7. The summed E-state index contributed by atoms with van der Waals surface area (Å²) in [4.78, 5) is 29.8. The number of hydrogen-bond acceptors (Lipinski definition) is 2. The van der Waals surface area contributed by atoms with E-state index < -0.39 is 12.8 Å².